The molecule has 4 rings (SSSR count). The van der Waals surface area contributed by atoms with Gasteiger partial charge in [-0.25, -0.2) is 0 Å². The molecule has 23 heavy (non-hydrogen) atoms. The van der Waals surface area contributed by atoms with Crippen LogP contribution in [0.1, 0.15) is 17.5 Å². The van der Waals surface area contributed by atoms with E-state index in [0.717, 1.165) is 46.9 Å². The first-order valence-corrected chi connectivity index (χ1v) is 7.57. The van der Waals surface area contributed by atoms with Gasteiger partial charge in [0, 0.05) is 12.8 Å². The minimum Gasteiger partial charge on any atom is -0.497 e. The Morgan fingerprint density at radius 3 is 2.74 bits per heavy atom. The number of ether oxygens (including phenoxy) is 3. The second-order valence-electron chi connectivity index (χ2n) is 5.59. The normalized spacial score (nSPS) is 18.5. The van der Waals surface area contributed by atoms with Crippen LogP contribution in [0.15, 0.2) is 47.6 Å². The van der Waals surface area contributed by atoms with Gasteiger partial charge in [-0.05, 0) is 47.5 Å². The number of methoxy groups -OCH3 is 1. The molecule has 0 saturated carbocycles. The lowest BCUT2D eigenvalue weighted by Gasteiger charge is -2.08. The minimum atomic E-state index is 0.0486. The summed E-state index contributed by atoms with van der Waals surface area (Å²) < 4.78 is 15.9. The van der Waals surface area contributed by atoms with E-state index in [1.807, 2.05) is 42.5 Å². The van der Waals surface area contributed by atoms with Gasteiger partial charge in [0.15, 0.2) is 11.5 Å². The van der Waals surface area contributed by atoms with Gasteiger partial charge >= 0.3 is 0 Å². The lowest BCUT2D eigenvalue weighted by molar-refractivity contribution is 0.0859. The zero-order chi connectivity index (χ0) is 15.6. The standard InChI is InChI=1S/C18H17NO4/c1-20-14-5-3-13(4-6-14)16-10-15(23-19-16)8-12-2-7-17-18(9-12)22-11-21-17/h2-7,9,15H,8,10-11H2,1H3/t15-/m1/s1. The molecule has 2 aliphatic heterocycles. The van der Waals surface area contributed by atoms with Gasteiger partial charge < -0.3 is 19.0 Å². The predicted octanol–water partition coefficient (Wildman–Crippen LogP) is 3.16. The van der Waals surface area contributed by atoms with Crippen LogP contribution in [0.3, 0.4) is 0 Å². The van der Waals surface area contributed by atoms with Crippen LogP contribution in [0.4, 0.5) is 0 Å². The van der Waals surface area contributed by atoms with E-state index in [-0.39, 0.29) is 6.10 Å². The maximum Gasteiger partial charge on any atom is 0.231 e. The molecule has 2 aliphatic rings. The van der Waals surface area contributed by atoms with Crippen molar-refractivity contribution in [2.24, 2.45) is 5.16 Å². The quantitative estimate of drug-likeness (QED) is 0.870. The van der Waals surface area contributed by atoms with Crippen molar-refractivity contribution in [3.63, 3.8) is 0 Å². The van der Waals surface area contributed by atoms with Gasteiger partial charge in [0.25, 0.3) is 0 Å². The number of nitrogens with zero attached hydrogens (tertiary/aromatic N) is 1. The third kappa shape index (κ3) is 2.82. The molecule has 2 heterocycles. The van der Waals surface area contributed by atoms with Gasteiger partial charge in [0.2, 0.25) is 6.79 Å². The summed E-state index contributed by atoms with van der Waals surface area (Å²) in [6.45, 7) is 0.295. The number of hydrogen-bond donors (Lipinski definition) is 0. The van der Waals surface area contributed by atoms with E-state index >= 15 is 0 Å². The van der Waals surface area contributed by atoms with E-state index in [1.165, 1.54) is 0 Å². The van der Waals surface area contributed by atoms with Crippen LogP contribution in [0, 0.1) is 0 Å². The van der Waals surface area contributed by atoms with E-state index in [9.17, 15) is 0 Å². The summed E-state index contributed by atoms with van der Waals surface area (Å²) in [5, 5.41) is 4.23. The summed E-state index contributed by atoms with van der Waals surface area (Å²) in [4.78, 5) is 5.58. The molecule has 0 bridgehead atoms. The van der Waals surface area contributed by atoms with Crippen LogP contribution in [0.25, 0.3) is 0 Å². The van der Waals surface area contributed by atoms with Crippen LogP contribution in [-0.2, 0) is 11.3 Å². The Hall–Kier alpha value is -2.69. The molecule has 5 heteroatoms. The minimum absolute atomic E-state index is 0.0486. The predicted molar refractivity (Wildman–Crippen MR) is 85.3 cm³/mol. The first kappa shape index (κ1) is 13.9. The second kappa shape index (κ2) is 5.83. The Labute approximate surface area is 134 Å². The lowest BCUT2D eigenvalue weighted by atomic mass is 10.00. The van der Waals surface area contributed by atoms with Crippen LogP contribution in [-0.4, -0.2) is 25.7 Å². The molecule has 0 spiro atoms. The first-order chi connectivity index (χ1) is 11.3. The van der Waals surface area contributed by atoms with Crippen molar-refractivity contribution in [1.82, 2.24) is 0 Å². The second-order valence-corrected chi connectivity index (χ2v) is 5.59. The molecule has 2 aromatic rings. The third-order valence-electron chi connectivity index (χ3n) is 4.06. The van der Waals surface area contributed by atoms with E-state index in [4.69, 9.17) is 19.0 Å². The summed E-state index contributed by atoms with van der Waals surface area (Å²) in [7, 11) is 1.66. The molecule has 0 radical (unpaired) electrons. The number of benzene rings is 2. The summed E-state index contributed by atoms with van der Waals surface area (Å²) in [6.07, 6.45) is 1.63. The van der Waals surface area contributed by atoms with E-state index in [2.05, 4.69) is 5.16 Å². The Bertz CT molecular complexity index is 739. The van der Waals surface area contributed by atoms with Crippen molar-refractivity contribution in [3.05, 3.63) is 53.6 Å². The number of oxime groups is 1. The van der Waals surface area contributed by atoms with Crippen molar-refractivity contribution in [2.75, 3.05) is 13.9 Å². The molecule has 0 saturated heterocycles. The summed E-state index contributed by atoms with van der Waals surface area (Å²) >= 11 is 0. The third-order valence-corrected chi connectivity index (χ3v) is 4.06. The monoisotopic (exact) mass is 311 g/mol. The average molecular weight is 311 g/mol. The largest absolute Gasteiger partial charge is 0.497 e. The van der Waals surface area contributed by atoms with Crippen molar-refractivity contribution in [2.45, 2.75) is 18.9 Å². The zero-order valence-corrected chi connectivity index (χ0v) is 12.8. The number of fused-ring (bicyclic) bond motifs is 1. The van der Waals surface area contributed by atoms with Gasteiger partial charge in [-0.3, -0.25) is 0 Å². The highest BCUT2D eigenvalue weighted by Crippen LogP contribution is 2.33. The Balaban J connectivity index is 1.41. The summed E-state index contributed by atoms with van der Waals surface area (Å²) in [5.41, 5.74) is 3.20. The van der Waals surface area contributed by atoms with Gasteiger partial charge in [-0.15, -0.1) is 0 Å². The van der Waals surface area contributed by atoms with Crippen LogP contribution in [0.5, 0.6) is 17.2 Å². The van der Waals surface area contributed by atoms with Crippen molar-refractivity contribution >= 4 is 5.71 Å². The Morgan fingerprint density at radius 2 is 1.91 bits per heavy atom. The molecule has 0 unspecified atom stereocenters. The Morgan fingerprint density at radius 1 is 1.09 bits per heavy atom. The highest BCUT2D eigenvalue weighted by atomic mass is 16.7. The van der Waals surface area contributed by atoms with Crippen LogP contribution in [0.2, 0.25) is 0 Å². The van der Waals surface area contributed by atoms with Crippen molar-refractivity contribution in [1.29, 1.82) is 0 Å². The maximum atomic E-state index is 5.58. The highest BCUT2D eigenvalue weighted by molar-refractivity contribution is 6.01. The number of hydrogen-bond acceptors (Lipinski definition) is 5. The molecule has 1 atom stereocenters. The molecule has 2 aromatic carbocycles. The summed E-state index contributed by atoms with van der Waals surface area (Å²) in [5.74, 6) is 2.44. The van der Waals surface area contributed by atoms with E-state index in [0.29, 0.717) is 6.79 Å². The van der Waals surface area contributed by atoms with Gasteiger partial charge in [-0.2, -0.15) is 0 Å². The fourth-order valence-electron chi connectivity index (χ4n) is 2.82. The van der Waals surface area contributed by atoms with Gasteiger partial charge in [0.05, 0.1) is 12.8 Å². The van der Waals surface area contributed by atoms with Gasteiger partial charge in [-0.1, -0.05) is 11.2 Å². The van der Waals surface area contributed by atoms with Crippen LogP contribution >= 0.6 is 0 Å². The summed E-state index contributed by atoms with van der Waals surface area (Å²) in [6, 6.07) is 13.9. The Kier molecular flexibility index (Phi) is 3.54. The van der Waals surface area contributed by atoms with Gasteiger partial charge in [0.1, 0.15) is 11.9 Å². The number of rotatable bonds is 4. The SMILES string of the molecule is COc1ccc(C2=NO[C@H](Cc3ccc4c(c3)OCO4)C2)cc1. The average Bonchev–Trinajstić information content (AvgIpc) is 3.24. The van der Waals surface area contributed by atoms with Crippen molar-refractivity contribution in [3.8, 4) is 17.2 Å². The molecule has 0 amide bonds. The first-order valence-electron chi connectivity index (χ1n) is 7.57. The smallest absolute Gasteiger partial charge is 0.231 e. The molecule has 0 N–H and O–H groups in total. The molecular weight excluding hydrogens is 294 g/mol. The molecular formula is C18H17NO4. The zero-order valence-electron chi connectivity index (χ0n) is 12.8. The van der Waals surface area contributed by atoms with Crippen molar-refractivity contribution < 1.29 is 19.0 Å². The molecule has 0 aliphatic carbocycles. The molecule has 5 nitrogen and oxygen atoms in total. The van der Waals surface area contributed by atoms with Crippen LogP contribution < -0.4 is 14.2 Å². The van der Waals surface area contributed by atoms with E-state index in [1.54, 1.807) is 7.11 Å². The fraction of sp³-hybridized carbons (Fsp3) is 0.278. The highest BCUT2D eigenvalue weighted by Gasteiger charge is 2.23. The fourth-order valence-corrected chi connectivity index (χ4v) is 2.82. The van der Waals surface area contributed by atoms with E-state index < -0.39 is 0 Å². The topological polar surface area (TPSA) is 49.3 Å². The lowest BCUT2D eigenvalue weighted by Crippen LogP contribution is -2.11. The molecule has 0 fully saturated rings. The maximum absolute atomic E-state index is 5.58. The molecule has 118 valence electrons. The molecule has 0 aromatic heterocycles.